The summed E-state index contributed by atoms with van der Waals surface area (Å²) < 4.78 is 0. The number of carbonyl (C=O) groups excluding carboxylic acids is 1. The van der Waals surface area contributed by atoms with Gasteiger partial charge in [0.05, 0.1) is 17.0 Å². The van der Waals surface area contributed by atoms with Crippen molar-refractivity contribution in [3.05, 3.63) is 58.7 Å². The van der Waals surface area contributed by atoms with Gasteiger partial charge >= 0.3 is 0 Å². The Labute approximate surface area is 157 Å². The number of fused-ring (bicyclic) bond motifs is 5. The summed E-state index contributed by atoms with van der Waals surface area (Å²) in [5, 5.41) is 3.25. The zero-order valence-electron chi connectivity index (χ0n) is 15.2. The highest BCUT2D eigenvalue weighted by Gasteiger charge is 2.49. The standard InChI is InChI=1S/C22H20N4O/c1-12-2-3-14(11-23-12)17-8-16-13(10-24-17)4-5-15-19-18(25-20(15)16)9-22(6-7-22)26-21(19)27/h2-3,8,10-11,25H,4-7,9H2,1H3,(H,26,27). The van der Waals surface area contributed by atoms with Gasteiger partial charge in [0.15, 0.2) is 0 Å². The maximum absolute atomic E-state index is 12.8. The van der Waals surface area contributed by atoms with Gasteiger partial charge in [0, 0.05) is 46.9 Å². The second-order valence-electron chi connectivity index (χ2n) is 8.16. The summed E-state index contributed by atoms with van der Waals surface area (Å²) in [5.41, 5.74) is 9.66. The Morgan fingerprint density at radius 2 is 2.00 bits per heavy atom. The van der Waals surface area contributed by atoms with Crippen LogP contribution in [0.3, 0.4) is 0 Å². The summed E-state index contributed by atoms with van der Waals surface area (Å²) in [6.07, 6.45) is 8.77. The molecular formula is C22H20N4O. The van der Waals surface area contributed by atoms with Gasteiger partial charge in [0.25, 0.3) is 5.91 Å². The van der Waals surface area contributed by atoms with Crippen molar-refractivity contribution in [1.29, 1.82) is 0 Å². The Bertz CT molecular complexity index is 1110. The lowest BCUT2D eigenvalue weighted by Gasteiger charge is -2.24. The van der Waals surface area contributed by atoms with Crippen molar-refractivity contribution in [1.82, 2.24) is 20.3 Å². The summed E-state index contributed by atoms with van der Waals surface area (Å²) in [5.74, 6) is 0.103. The van der Waals surface area contributed by atoms with E-state index < -0.39 is 0 Å². The number of aromatic nitrogens is 3. The third-order valence-electron chi connectivity index (χ3n) is 6.26. The molecule has 5 heteroatoms. The Hall–Kier alpha value is -2.95. The lowest BCUT2D eigenvalue weighted by molar-refractivity contribution is 0.0917. The topological polar surface area (TPSA) is 70.7 Å². The maximum Gasteiger partial charge on any atom is 0.253 e. The number of pyridine rings is 2. The fourth-order valence-electron chi connectivity index (χ4n) is 4.57. The van der Waals surface area contributed by atoms with Gasteiger partial charge in [0.1, 0.15) is 0 Å². The van der Waals surface area contributed by atoms with Gasteiger partial charge in [-0.1, -0.05) is 0 Å². The van der Waals surface area contributed by atoms with Crippen LogP contribution >= 0.6 is 0 Å². The molecule has 2 N–H and O–H groups in total. The molecule has 0 atom stereocenters. The third kappa shape index (κ3) is 2.21. The quantitative estimate of drug-likeness (QED) is 0.702. The molecule has 1 aliphatic heterocycles. The van der Waals surface area contributed by atoms with Gasteiger partial charge in [-0.2, -0.15) is 0 Å². The summed E-state index contributed by atoms with van der Waals surface area (Å²) in [6, 6.07) is 6.21. The van der Waals surface area contributed by atoms with E-state index in [-0.39, 0.29) is 11.4 Å². The van der Waals surface area contributed by atoms with E-state index in [4.69, 9.17) is 0 Å². The number of rotatable bonds is 1. The minimum absolute atomic E-state index is 0.0251. The Morgan fingerprint density at radius 1 is 1.11 bits per heavy atom. The maximum atomic E-state index is 12.8. The summed E-state index contributed by atoms with van der Waals surface area (Å²) in [6.45, 7) is 1.98. The smallest absolute Gasteiger partial charge is 0.253 e. The van der Waals surface area contributed by atoms with Crippen LogP contribution in [0.2, 0.25) is 0 Å². The SMILES string of the molecule is Cc1ccc(-c2cc3c(cn2)CCc2c-3[nH]c3c2C(=O)NC2(CC2)C3)cn1. The van der Waals surface area contributed by atoms with Crippen molar-refractivity contribution in [2.75, 3.05) is 0 Å². The second-order valence-corrected chi connectivity index (χ2v) is 8.16. The number of aromatic amines is 1. The molecule has 6 rings (SSSR count). The lowest BCUT2D eigenvalue weighted by Crippen LogP contribution is -2.43. The van der Waals surface area contributed by atoms with Gasteiger partial charge in [-0.25, -0.2) is 0 Å². The highest BCUT2D eigenvalue weighted by Crippen LogP contribution is 2.45. The van der Waals surface area contributed by atoms with Gasteiger partial charge in [-0.15, -0.1) is 0 Å². The number of amides is 1. The molecule has 3 aromatic rings. The van der Waals surface area contributed by atoms with E-state index in [0.717, 1.165) is 66.0 Å². The zero-order valence-corrected chi connectivity index (χ0v) is 15.2. The van der Waals surface area contributed by atoms with Crippen molar-refractivity contribution in [2.24, 2.45) is 0 Å². The number of hydrogen-bond donors (Lipinski definition) is 2. The highest BCUT2D eigenvalue weighted by molar-refractivity contribution is 6.01. The largest absolute Gasteiger partial charge is 0.357 e. The van der Waals surface area contributed by atoms with E-state index in [1.54, 1.807) is 0 Å². The molecule has 27 heavy (non-hydrogen) atoms. The van der Waals surface area contributed by atoms with Crippen LogP contribution in [0.25, 0.3) is 22.5 Å². The molecule has 5 nitrogen and oxygen atoms in total. The third-order valence-corrected chi connectivity index (χ3v) is 6.26. The van der Waals surface area contributed by atoms with Crippen LogP contribution in [0.5, 0.6) is 0 Å². The van der Waals surface area contributed by atoms with Crippen LogP contribution < -0.4 is 5.32 Å². The average Bonchev–Trinajstić information content (AvgIpc) is 3.28. The van der Waals surface area contributed by atoms with Crippen LogP contribution in [0, 0.1) is 6.92 Å². The van der Waals surface area contributed by atoms with Crippen molar-refractivity contribution in [2.45, 2.75) is 44.6 Å². The lowest BCUT2D eigenvalue weighted by atomic mass is 9.87. The minimum Gasteiger partial charge on any atom is -0.357 e. The van der Waals surface area contributed by atoms with Gasteiger partial charge in [0.2, 0.25) is 0 Å². The molecule has 3 aromatic heterocycles. The molecule has 1 saturated carbocycles. The summed E-state index contributed by atoms with van der Waals surface area (Å²) in [7, 11) is 0. The molecule has 0 radical (unpaired) electrons. The zero-order chi connectivity index (χ0) is 18.2. The Morgan fingerprint density at radius 3 is 2.78 bits per heavy atom. The van der Waals surface area contributed by atoms with Crippen LogP contribution in [-0.4, -0.2) is 26.4 Å². The summed E-state index contributed by atoms with van der Waals surface area (Å²) in [4.78, 5) is 25.4. The highest BCUT2D eigenvalue weighted by atomic mass is 16.2. The fourth-order valence-corrected chi connectivity index (χ4v) is 4.57. The number of nitrogens with one attached hydrogen (secondary N) is 2. The number of aryl methyl sites for hydroxylation is 2. The average molecular weight is 356 g/mol. The van der Waals surface area contributed by atoms with E-state index in [0.29, 0.717) is 0 Å². The van der Waals surface area contributed by atoms with E-state index >= 15 is 0 Å². The Balaban J connectivity index is 1.49. The predicted molar refractivity (Wildman–Crippen MR) is 103 cm³/mol. The number of hydrogen-bond acceptors (Lipinski definition) is 3. The Kier molecular flexibility index (Phi) is 2.84. The molecule has 1 amide bonds. The monoisotopic (exact) mass is 356 g/mol. The van der Waals surface area contributed by atoms with Crippen molar-refractivity contribution in [3.63, 3.8) is 0 Å². The first-order valence-corrected chi connectivity index (χ1v) is 9.60. The van der Waals surface area contributed by atoms with Crippen LogP contribution in [0.1, 0.15) is 45.7 Å². The minimum atomic E-state index is 0.0251. The molecule has 134 valence electrons. The van der Waals surface area contributed by atoms with E-state index in [1.165, 1.54) is 16.7 Å². The first-order chi connectivity index (χ1) is 13.1. The van der Waals surface area contributed by atoms with Crippen LogP contribution in [0.15, 0.2) is 30.6 Å². The first kappa shape index (κ1) is 15.1. The van der Waals surface area contributed by atoms with Gasteiger partial charge in [-0.05, 0) is 61.9 Å². The predicted octanol–water partition coefficient (Wildman–Crippen LogP) is 3.36. The van der Waals surface area contributed by atoms with Gasteiger partial charge < -0.3 is 10.3 Å². The van der Waals surface area contributed by atoms with Crippen molar-refractivity contribution in [3.8, 4) is 22.5 Å². The molecule has 0 aromatic carbocycles. The molecular weight excluding hydrogens is 336 g/mol. The molecule has 0 bridgehead atoms. The van der Waals surface area contributed by atoms with Crippen molar-refractivity contribution >= 4 is 5.91 Å². The van der Waals surface area contributed by atoms with E-state index in [1.807, 2.05) is 25.4 Å². The number of H-pyrrole nitrogens is 1. The van der Waals surface area contributed by atoms with E-state index in [9.17, 15) is 4.79 Å². The molecule has 2 aliphatic carbocycles. The molecule has 4 heterocycles. The van der Waals surface area contributed by atoms with Gasteiger partial charge in [-0.3, -0.25) is 14.8 Å². The van der Waals surface area contributed by atoms with Crippen LogP contribution in [-0.2, 0) is 19.3 Å². The first-order valence-electron chi connectivity index (χ1n) is 9.60. The number of nitrogens with zero attached hydrogens (tertiary/aromatic N) is 2. The fraction of sp³-hybridized carbons (Fsp3) is 0.318. The second kappa shape index (κ2) is 5.06. The molecule has 0 unspecified atom stereocenters. The number of carbonyl (C=O) groups is 1. The summed E-state index contributed by atoms with van der Waals surface area (Å²) >= 11 is 0. The van der Waals surface area contributed by atoms with Crippen LogP contribution in [0.4, 0.5) is 0 Å². The normalized spacial score (nSPS) is 18.5. The molecule has 1 fully saturated rings. The molecule has 0 saturated heterocycles. The molecule has 1 spiro atoms. The van der Waals surface area contributed by atoms with E-state index in [2.05, 4.69) is 32.4 Å². The molecule has 3 aliphatic rings. The van der Waals surface area contributed by atoms with Crippen molar-refractivity contribution < 1.29 is 4.79 Å².